The van der Waals surface area contributed by atoms with E-state index in [9.17, 15) is 4.79 Å². The van der Waals surface area contributed by atoms with E-state index in [4.69, 9.17) is 21.4 Å². The first-order valence-corrected chi connectivity index (χ1v) is 6.84. The maximum atomic E-state index is 10.4. The van der Waals surface area contributed by atoms with Crippen LogP contribution >= 0.6 is 11.6 Å². The fraction of sp³-hybridized carbons (Fsp3) is 0.400. The molecule has 1 amide bonds. The summed E-state index contributed by atoms with van der Waals surface area (Å²) in [5, 5.41) is 11.4. The van der Waals surface area contributed by atoms with Crippen LogP contribution in [0.15, 0.2) is 36.9 Å². The number of hydrogen-bond acceptors (Lipinski definition) is 2. The Kier molecular flexibility index (Phi) is 7.12. The van der Waals surface area contributed by atoms with Gasteiger partial charge in [0.05, 0.1) is 6.10 Å². The molecule has 2 atom stereocenters. The molecule has 20 heavy (non-hydrogen) atoms. The lowest BCUT2D eigenvalue weighted by molar-refractivity contribution is 0.0163. The van der Waals surface area contributed by atoms with Crippen molar-refractivity contribution >= 4 is 17.7 Å². The highest BCUT2D eigenvalue weighted by atomic mass is 35.5. The second kappa shape index (κ2) is 8.61. The fourth-order valence-corrected chi connectivity index (χ4v) is 2.08. The Hall–Kier alpha value is -1.52. The zero-order chi connectivity index (χ0) is 15.0. The van der Waals surface area contributed by atoms with E-state index in [0.29, 0.717) is 5.02 Å². The number of benzene rings is 1. The molecule has 0 heterocycles. The molecule has 2 N–H and O–H groups in total. The Balaban J connectivity index is 2.55. The average molecular weight is 298 g/mol. The number of carboxylic acid groups (broad SMARTS) is 1. The minimum absolute atomic E-state index is 0.00917. The Morgan fingerprint density at radius 1 is 1.50 bits per heavy atom. The van der Waals surface area contributed by atoms with Gasteiger partial charge >= 0.3 is 6.09 Å². The van der Waals surface area contributed by atoms with Crippen LogP contribution in [-0.2, 0) is 11.2 Å². The molecule has 2 unspecified atom stereocenters. The molecule has 0 saturated carbocycles. The molecule has 0 aromatic heterocycles. The van der Waals surface area contributed by atoms with Crippen molar-refractivity contribution in [2.24, 2.45) is 5.92 Å². The summed E-state index contributed by atoms with van der Waals surface area (Å²) >= 11 is 5.87. The number of carbonyl (C=O) groups is 1. The molecule has 110 valence electrons. The number of amides is 1. The molecule has 1 aromatic carbocycles. The molecule has 5 heteroatoms. The highest BCUT2D eigenvalue weighted by Crippen LogP contribution is 2.20. The maximum Gasteiger partial charge on any atom is 0.406 e. The van der Waals surface area contributed by atoms with Crippen LogP contribution in [-0.4, -0.2) is 24.0 Å². The van der Waals surface area contributed by atoms with Crippen molar-refractivity contribution < 1.29 is 14.6 Å². The van der Waals surface area contributed by atoms with Gasteiger partial charge in [0, 0.05) is 5.02 Å². The quantitative estimate of drug-likeness (QED) is 0.568. The van der Waals surface area contributed by atoms with E-state index in [1.165, 1.54) is 5.56 Å². The van der Waals surface area contributed by atoms with Gasteiger partial charge in [0.1, 0.15) is 6.73 Å². The number of hydrogen-bond donors (Lipinski definition) is 2. The zero-order valence-electron chi connectivity index (χ0n) is 11.5. The van der Waals surface area contributed by atoms with Crippen molar-refractivity contribution in [3.8, 4) is 0 Å². The molecule has 0 aliphatic heterocycles. The molecule has 0 radical (unpaired) electrons. The highest BCUT2D eigenvalue weighted by Gasteiger charge is 2.17. The summed E-state index contributed by atoms with van der Waals surface area (Å²) in [6.07, 6.45) is 2.32. The average Bonchev–Trinajstić information content (AvgIpc) is 2.40. The molecular weight excluding hydrogens is 278 g/mol. The van der Waals surface area contributed by atoms with E-state index in [-0.39, 0.29) is 18.8 Å². The molecule has 4 nitrogen and oxygen atoms in total. The topological polar surface area (TPSA) is 58.6 Å². The van der Waals surface area contributed by atoms with E-state index in [2.05, 4.69) is 11.9 Å². The Bertz CT molecular complexity index is 433. The summed E-state index contributed by atoms with van der Waals surface area (Å²) in [6.45, 7) is 5.69. The van der Waals surface area contributed by atoms with Gasteiger partial charge in [-0.25, -0.2) is 4.79 Å². The number of halogens is 1. The van der Waals surface area contributed by atoms with Crippen molar-refractivity contribution in [3.63, 3.8) is 0 Å². The smallest absolute Gasteiger partial charge is 0.406 e. The SMILES string of the molecule is C=CCC(Cc1ccc(Cl)cc1)C(C)OCNC(=O)O. The third-order valence-corrected chi connectivity index (χ3v) is 3.37. The lowest BCUT2D eigenvalue weighted by Gasteiger charge is -2.23. The lowest BCUT2D eigenvalue weighted by atomic mass is 9.92. The van der Waals surface area contributed by atoms with Gasteiger partial charge < -0.3 is 9.84 Å². The summed E-state index contributed by atoms with van der Waals surface area (Å²) in [7, 11) is 0. The van der Waals surface area contributed by atoms with Crippen LogP contribution in [0.3, 0.4) is 0 Å². The molecule has 0 aliphatic rings. The minimum Gasteiger partial charge on any atom is -0.465 e. The van der Waals surface area contributed by atoms with Gasteiger partial charge in [-0.15, -0.1) is 6.58 Å². The molecule has 0 fully saturated rings. The van der Waals surface area contributed by atoms with Gasteiger partial charge in [-0.2, -0.15) is 0 Å². The molecule has 1 aromatic rings. The minimum atomic E-state index is -1.09. The van der Waals surface area contributed by atoms with Gasteiger partial charge in [0.2, 0.25) is 0 Å². The van der Waals surface area contributed by atoms with E-state index < -0.39 is 6.09 Å². The number of allylic oxidation sites excluding steroid dienone is 1. The van der Waals surface area contributed by atoms with Gasteiger partial charge in [-0.1, -0.05) is 29.8 Å². The number of ether oxygens (including phenoxy) is 1. The second-order valence-corrected chi connectivity index (χ2v) is 5.05. The van der Waals surface area contributed by atoms with Crippen LogP contribution < -0.4 is 5.32 Å². The predicted molar refractivity (Wildman–Crippen MR) is 80.0 cm³/mol. The highest BCUT2D eigenvalue weighted by molar-refractivity contribution is 6.30. The van der Waals surface area contributed by atoms with Gasteiger partial charge in [0.25, 0.3) is 0 Å². The summed E-state index contributed by atoms with van der Waals surface area (Å²) in [6, 6.07) is 7.69. The zero-order valence-corrected chi connectivity index (χ0v) is 12.3. The van der Waals surface area contributed by atoms with Crippen LogP contribution in [0.2, 0.25) is 5.02 Å². The van der Waals surface area contributed by atoms with Crippen molar-refractivity contribution in [3.05, 3.63) is 47.5 Å². The summed E-state index contributed by atoms with van der Waals surface area (Å²) < 4.78 is 5.50. The lowest BCUT2D eigenvalue weighted by Crippen LogP contribution is -2.30. The van der Waals surface area contributed by atoms with Crippen LogP contribution in [0.4, 0.5) is 4.79 Å². The molecule has 0 aliphatic carbocycles. The monoisotopic (exact) mass is 297 g/mol. The first kappa shape index (κ1) is 16.5. The largest absolute Gasteiger partial charge is 0.465 e. The van der Waals surface area contributed by atoms with Crippen molar-refractivity contribution in [1.82, 2.24) is 5.32 Å². The van der Waals surface area contributed by atoms with E-state index in [0.717, 1.165) is 12.8 Å². The van der Waals surface area contributed by atoms with Crippen LogP contribution in [0.25, 0.3) is 0 Å². The molecule has 0 saturated heterocycles. The summed E-state index contributed by atoms with van der Waals surface area (Å²) in [5.41, 5.74) is 1.17. The molecular formula is C15H20ClNO3. The number of nitrogens with one attached hydrogen (secondary N) is 1. The van der Waals surface area contributed by atoms with Gasteiger partial charge in [-0.3, -0.25) is 5.32 Å². The van der Waals surface area contributed by atoms with E-state index in [1.54, 1.807) is 0 Å². The Morgan fingerprint density at radius 3 is 2.70 bits per heavy atom. The molecule has 0 bridgehead atoms. The second-order valence-electron chi connectivity index (χ2n) is 4.61. The van der Waals surface area contributed by atoms with Crippen LogP contribution in [0, 0.1) is 5.92 Å². The van der Waals surface area contributed by atoms with Crippen LogP contribution in [0.1, 0.15) is 18.9 Å². The van der Waals surface area contributed by atoms with Crippen LogP contribution in [0.5, 0.6) is 0 Å². The van der Waals surface area contributed by atoms with Crippen molar-refractivity contribution in [2.75, 3.05) is 6.73 Å². The Labute approximate surface area is 124 Å². The van der Waals surface area contributed by atoms with Crippen molar-refractivity contribution in [2.45, 2.75) is 25.9 Å². The van der Waals surface area contributed by atoms with Gasteiger partial charge in [0.15, 0.2) is 0 Å². The number of rotatable bonds is 8. The Morgan fingerprint density at radius 2 is 2.15 bits per heavy atom. The maximum absolute atomic E-state index is 10.4. The fourth-order valence-electron chi connectivity index (χ4n) is 1.95. The third kappa shape index (κ3) is 6.08. The first-order chi connectivity index (χ1) is 9.52. The predicted octanol–water partition coefficient (Wildman–Crippen LogP) is 3.71. The summed E-state index contributed by atoms with van der Waals surface area (Å²) in [4.78, 5) is 10.4. The normalized spacial score (nSPS) is 13.5. The van der Waals surface area contributed by atoms with E-state index in [1.807, 2.05) is 37.3 Å². The van der Waals surface area contributed by atoms with Crippen molar-refractivity contribution in [1.29, 1.82) is 0 Å². The van der Waals surface area contributed by atoms with Gasteiger partial charge in [-0.05, 0) is 43.4 Å². The summed E-state index contributed by atoms with van der Waals surface area (Å²) in [5.74, 6) is 0.240. The molecule has 0 spiro atoms. The first-order valence-electron chi connectivity index (χ1n) is 6.46. The van der Waals surface area contributed by atoms with E-state index >= 15 is 0 Å². The standard InChI is InChI=1S/C15H20ClNO3/c1-3-4-13(11(2)20-10-17-15(18)19)9-12-5-7-14(16)8-6-12/h3,5-8,11,13,17H,1,4,9-10H2,2H3,(H,18,19). The third-order valence-electron chi connectivity index (χ3n) is 3.11. The molecule has 1 rings (SSSR count).